The topological polar surface area (TPSA) is 156 Å². The van der Waals surface area contributed by atoms with Gasteiger partial charge >= 0.3 is 23.9 Å². The van der Waals surface area contributed by atoms with Crippen LogP contribution >= 0.6 is 0 Å². The number of rotatable bonds is 8. The maximum absolute atomic E-state index is 15.7. The first-order valence-corrected chi connectivity index (χ1v) is 17.3. The molecule has 1 saturated heterocycles. The highest BCUT2D eigenvalue weighted by Crippen LogP contribution is 2.84. The molecule has 0 amide bonds. The molecule has 0 spiro atoms. The number of furan rings is 1. The molecule has 0 aromatic carbocycles. The van der Waals surface area contributed by atoms with Gasteiger partial charge in [-0.2, -0.15) is 0 Å². The van der Waals surface area contributed by atoms with Crippen molar-refractivity contribution in [1.29, 1.82) is 0 Å². The van der Waals surface area contributed by atoms with Crippen LogP contribution in [0.2, 0.25) is 0 Å². The fourth-order valence-electron chi connectivity index (χ4n) is 11.6. The van der Waals surface area contributed by atoms with Gasteiger partial charge in [-0.3, -0.25) is 24.0 Å². The van der Waals surface area contributed by atoms with Crippen LogP contribution in [0.1, 0.15) is 106 Å². The Morgan fingerprint density at radius 1 is 1.04 bits per heavy atom. The number of carbonyl (C=O) groups excluding carboxylic acids is 5. The molecule has 11 nitrogen and oxygen atoms in total. The molecular weight excluding hydrogens is 620 g/mol. The normalized spacial score (nSPS) is 44.8. The number of ether oxygens (including phenoxy) is 4. The van der Waals surface area contributed by atoms with E-state index < -0.39 is 104 Å². The molecule has 4 saturated carbocycles. The van der Waals surface area contributed by atoms with E-state index in [4.69, 9.17) is 23.4 Å². The van der Waals surface area contributed by atoms with Crippen LogP contribution in [0, 0.1) is 51.2 Å². The monoisotopic (exact) mass is 670 g/mol. The zero-order valence-corrected chi connectivity index (χ0v) is 29.5. The van der Waals surface area contributed by atoms with Crippen LogP contribution in [0.5, 0.6) is 0 Å². The number of methoxy groups -OCH3 is 1. The summed E-state index contributed by atoms with van der Waals surface area (Å²) in [6.07, 6.45) is 2.19. The molecule has 48 heavy (non-hydrogen) atoms. The first kappa shape index (κ1) is 34.6. The maximum Gasteiger partial charge on any atom is 0.309 e. The van der Waals surface area contributed by atoms with Gasteiger partial charge in [-0.05, 0) is 43.1 Å². The molecule has 0 unspecified atom stereocenters. The maximum atomic E-state index is 15.7. The molecular formula is C37H50O11. The summed E-state index contributed by atoms with van der Waals surface area (Å²) >= 11 is 0. The largest absolute Gasteiger partial charge is 0.472 e. The zero-order valence-electron chi connectivity index (χ0n) is 29.5. The van der Waals surface area contributed by atoms with Gasteiger partial charge in [-0.25, -0.2) is 0 Å². The Morgan fingerprint density at radius 2 is 1.73 bits per heavy atom. The minimum absolute atomic E-state index is 0.00676. The Labute approximate surface area is 281 Å². The van der Waals surface area contributed by atoms with Crippen molar-refractivity contribution in [3.63, 3.8) is 0 Å². The average Bonchev–Trinajstić information content (AvgIpc) is 3.68. The third-order valence-corrected chi connectivity index (χ3v) is 14.0. The molecule has 264 valence electrons. The first-order chi connectivity index (χ1) is 22.3. The average molecular weight is 671 g/mol. The summed E-state index contributed by atoms with van der Waals surface area (Å²) in [6, 6.07) is 1.75. The van der Waals surface area contributed by atoms with Gasteiger partial charge in [0.05, 0.1) is 31.5 Å². The number of Topliss-reactive ketones (excluding diaryl/α,β-unsaturated/α-hetero) is 1. The number of fused-ring (bicyclic) bond motifs is 5. The minimum Gasteiger partial charge on any atom is -0.472 e. The second-order valence-electron chi connectivity index (χ2n) is 16.5. The Kier molecular flexibility index (Phi) is 7.86. The summed E-state index contributed by atoms with van der Waals surface area (Å²) < 4.78 is 29.3. The van der Waals surface area contributed by atoms with E-state index in [2.05, 4.69) is 0 Å². The van der Waals surface area contributed by atoms with Crippen LogP contribution in [0.3, 0.4) is 0 Å². The highest BCUT2D eigenvalue weighted by molar-refractivity contribution is 5.99. The molecule has 1 aromatic heterocycles. The summed E-state index contributed by atoms with van der Waals surface area (Å²) in [4.78, 5) is 69.7. The van der Waals surface area contributed by atoms with E-state index in [1.165, 1.54) is 13.4 Å². The van der Waals surface area contributed by atoms with Gasteiger partial charge in [0.15, 0.2) is 11.4 Å². The van der Waals surface area contributed by atoms with Crippen molar-refractivity contribution in [2.75, 3.05) is 7.11 Å². The van der Waals surface area contributed by atoms with Crippen LogP contribution in [0.4, 0.5) is 0 Å². The van der Waals surface area contributed by atoms with E-state index in [1.807, 2.05) is 27.7 Å². The second-order valence-corrected chi connectivity index (χ2v) is 16.5. The second kappa shape index (κ2) is 10.9. The quantitative estimate of drug-likeness (QED) is 0.289. The van der Waals surface area contributed by atoms with Crippen LogP contribution in [-0.4, -0.2) is 59.2 Å². The van der Waals surface area contributed by atoms with Crippen LogP contribution < -0.4 is 0 Å². The van der Waals surface area contributed by atoms with E-state index in [9.17, 15) is 24.3 Å². The summed E-state index contributed by atoms with van der Waals surface area (Å²) in [7, 11) is 1.30. The molecule has 1 N–H and O–H groups in total. The number of hydrogen-bond donors (Lipinski definition) is 1. The molecule has 1 aliphatic heterocycles. The van der Waals surface area contributed by atoms with Crippen LogP contribution in [0.15, 0.2) is 23.0 Å². The van der Waals surface area contributed by atoms with Gasteiger partial charge < -0.3 is 28.5 Å². The molecule has 1 aromatic rings. The van der Waals surface area contributed by atoms with Gasteiger partial charge in [0.1, 0.15) is 12.2 Å². The molecule has 11 heteroatoms. The van der Waals surface area contributed by atoms with Crippen molar-refractivity contribution in [3.8, 4) is 0 Å². The summed E-state index contributed by atoms with van der Waals surface area (Å²) in [6.45, 7) is 14.5. The summed E-state index contributed by atoms with van der Waals surface area (Å²) in [5.41, 5.74) is -8.09. The van der Waals surface area contributed by atoms with Gasteiger partial charge in [-0.1, -0.05) is 55.4 Å². The van der Waals surface area contributed by atoms with E-state index in [0.29, 0.717) is 24.8 Å². The van der Waals surface area contributed by atoms with E-state index in [1.54, 1.807) is 40.0 Å². The van der Waals surface area contributed by atoms with Gasteiger partial charge in [0.2, 0.25) is 5.60 Å². The Morgan fingerprint density at radius 3 is 2.31 bits per heavy atom. The lowest BCUT2D eigenvalue weighted by Gasteiger charge is -2.72. The highest BCUT2D eigenvalue weighted by atomic mass is 16.6. The number of ketones is 1. The standard InChI is InChI=1S/C37H50O11/c1-10-20(4)29(41)48-36-18-33(6)24(16-25(38)44-9)35(36,8)22-11-13-32(5)23(15-26(39)46-27(32)21-12-14-45-17-21)34(22,7)30(42)37(36,43)31(33)47-28(40)19(2)3/h12,14,17,19-20,22-24,27,31,43H,10-11,13,15-16,18H2,1-9H3/t20-,22-,23-,24-,27+,31+,32-,33-,34+,35+,36+,37-/m0/s1. The molecule has 2 heterocycles. The van der Waals surface area contributed by atoms with Crippen LogP contribution in [-0.2, 0) is 42.9 Å². The van der Waals surface area contributed by atoms with Crippen molar-refractivity contribution in [2.45, 2.75) is 117 Å². The highest BCUT2D eigenvalue weighted by Gasteiger charge is 2.94. The lowest BCUT2D eigenvalue weighted by Crippen LogP contribution is -2.84. The Hall–Kier alpha value is -3.21. The fraction of sp³-hybridized carbons (Fsp3) is 0.757. The van der Waals surface area contributed by atoms with Crippen molar-refractivity contribution >= 4 is 29.7 Å². The van der Waals surface area contributed by atoms with E-state index in [0.717, 1.165) is 0 Å². The van der Waals surface area contributed by atoms with Gasteiger partial charge in [0.25, 0.3) is 0 Å². The fourth-order valence-corrected chi connectivity index (χ4v) is 11.6. The molecule has 6 rings (SSSR count). The predicted molar refractivity (Wildman–Crippen MR) is 168 cm³/mol. The lowest BCUT2D eigenvalue weighted by atomic mass is 9.33. The number of hydrogen-bond acceptors (Lipinski definition) is 11. The third-order valence-electron chi connectivity index (χ3n) is 14.0. The van der Waals surface area contributed by atoms with Crippen molar-refractivity contribution in [1.82, 2.24) is 0 Å². The smallest absolute Gasteiger partial charge is 0.309 e. The van der Waals surface area contributed by atoms with Crippen LogP contribution in [0.25, 0.3) is 0 Å². The summed E-state index contributed by atoms with van der Waals surface area (Å²) in [5, 5.41) is 13.4. The lowest BCUT2D eigenvalue weighted by molar-refractivity contribution is -0.319. The Balaban J connectivity index is 1.63. The Bertz CT molecular complexity index is 1530. The summed E-state index contributed by atoms with van der Waals surface area (Å²) in [5.74, 6) is -5.70. The zero-order chi connectivity index (χ0) is 35.4. The SMILES string of the molecule is CC[C@H](C)C(=O)O[C@@]12C[C@]3(C)[C@@H](OC(=O)C(C)C)[C@@]1(O)C(=O)[C@@]1(C)[C@H]4CC(=O)O[C@H](c5ccoc5)[C@@]4(C)CC[C@@H]1[C@]2(C)[C@H]3CC(=O)OC. The number of aliphatic hydroxyl groups is 1. The van der Waals surface area contributed by atoms with Crippen molar-refractivity contribution in [3.05, 3.63) is 24.2 Å². The number of esters is 4. The van der Waals surface area contributed by atoms with Crippen molar-refractivity contribution in [2.24, 2.45) is 51.2 Å². The molecule has 12 atom stereocenters. The first-order valence-electron chi connectivity index (χ1n) is 17.3. The molecule has 0 radical (unpaired) electrons. The number of cyclic esters (lactones) is 1. The molecule has 4 aliphatic carbocycles. The molecule has 5 aliphatic rings. The minimum atomic E-state index is -2.48. The predicted octanol–water partition coefficient (Wildman–Crippen LogP) is 5.13. The number of carbonyl (C=O) groups is 5. The van der Waals surface area contributed by atoms with Gasteiger partial charge in [0, 0.05) is 46.5 Å². The molecule has 2 bridgehead atoms. The molecule has 5 fully saturated rings. The third kappa shape index (κ3) is 3.99. The van der Waals surface area contributed by atoms with E-state index in [-0.39, 0.29) is 19.3 Å². The van der Waals surface area contributed by atoms with Gasteiger partial charge in [-0.15, -0.1) is 0 Å². The van der Waals surface area contributed by atoms with E-state index >= 15 is 4.79 Å². The van der Waals surface area contributed by atoms with Crippen molar-refractivity contribution < 1.29 is 52.4 Å².